The van der Waals surface area contributed by atoms with Gasteiger partial charge in [-0.2, -0.15) is 0 Å². The smallest absolute Gasteiger partial charge is 0.255 e. The molecule has 0 fully saturated rings. The van der Waals surface area contributed by atoms with Crippen LogP contribution < -0.4 is 5.32 Å². The van der Waals surface area contributed by atoms with Gasteiger partial charge in [-0.15, -0.1) is 0 Å². The Labute approximate surface area is 128 Å². The number of rotatable bonds is 2. The van der Waals surface area contributed by atoms with Crippen molar-refractivity contribution in [3.8, 4) is 0 Å². The summed E-state index contributed by atoms with van der Waals surface area (Å²) in [6, 6.07) is 13.3. The van der Waals surface area contributed by atoms with Gasteiger partial charge in [0, 0.05) is 13.6 Å². The Hall–Kier alpha value is -0.880. The minimum atomic E-state index is -0.0843. The molecule has 0 spiro atoms. The van der Waals surface area contributed by atoms with E-state index in [0.29, 0.717) is 5.56 Å². The van der Waals surface area contributed by atoms with Gasteiger partial charge in [0.05, 0.1) is 5.69 Å². The van der Waals surface area contributed by atoms with Crippen LogP contribution in [0.4, 0.5) is 5.69 Å². The topological polar surface area (TPSA) is 29.1 Å². The monoisotopic (exact) mass is 415 g/mol. The summed E-state index contributed by atoms with van der Waals surface area (Å²) in [4.78, 5) is 12.1. The van der Waals surface area contributed by atoms with Crippen LogP contribution in [-0.2, 0) is 0 Å². The summed E-state index contributed by atoms with van der Waals surface area (Å²) in [5.41, 5.74) is 2.58. The third kappa shape index (κ3) is 3.32. The van der Waals surface area contributed by atoms with Crippen LogP contribution in [0.15, 0.2) is 46.9 Å². The van der Waals surface area contributed by atoms with Crippen LogP contribution in [0.2, 0.25) is 0 Å². The SMILES string of the molecule is Cc1cccc(C(=O)Nc2ccc(Br)cc2I)c1. The van der Waals surface area contributed by atoms with Gasteiger partial charge < -0.3 is 5.32 Å². The van der Waals surface area contributed by atoms with Crippen molar-refractivity contribution in [2.24, 2.45) is 0 Å². The highest BCUT2D eigenvalue weighted by Crippen LogP contribution is 2.23. The van der Waals surface area contributed by atoms with E-state index in [4.69, 9.17) is 0 Å². The lowest BCUT2D eigenvalue weighted by Gasteiger charge is -2.08. The second kappa shape index (κ2) is 5.84. The summed E-state index contributed by atoms with van der Waals surface area (Å²) in [6.45, 7) is 1.97. The molecule has 0 saturated carbocycles. The number of amides is 1. The van der Waals surface area contributed by atoms with E-state index in [-0.39, 0.29) is 5.91 Å². The van der Waals surface area contributed by atoms with E-state index in [1.165, 1.54) is 0 Å². The van der Waals surface area contributed by atoms with Gasteiger partial charge in [-0.1, -0.05) is 33.6 Å². The molecule has 0 bridgehead atoms. The zero-order valence-corrected chi connectivity index (χ0v) is 13.4. The largest absolute Gasteiger partial charge is 0.321 e. The molecule has 0 aliphatic carbocycles. The van der Waals surface area contributed by atoms with Crippen LogP contribution in [-0.4, -0.2) is 5.91 Å². The highest BCUT2D eigenvalue weighted by atomic mass is 127. The zero-order valence-electron chi connectivity index (χ0n) is 9.71. The van der Waals surface area contributed by atoms with Crippen molar-refractivity contribution in [1.29, 1.82) is 0 Å². The van der Waals surface area contributed by atoms with Crippen LogP contribution in [0.25, 0.3) is 0 Å². The molecule has 1 N–H and O–H groups in total. The van der Waals surface area contributed by atoms with E-state index in [1.54, 1.807) is 0 Å². The molecule has 2 aromatic rings. The molecule has 0 aromatic heterocycles. The van der Waals surface area contributed by atoms with E-state index in [9.17, 15) is 4.79 Å². The van der Waals surface area contributed by atoms with Crippen LogP contribution in [0.5, 0.6) is 0 Å². The molecule has 0 heterocycles. The van der Waals surface area contributed by atoms with E-state index >= 15 is 0 Å². The standard InChI is InChI=1S/C14H11BrINO/c1-9-3-2-4-10(7-9)14(18)17-13-6-5-11(15)8-12(13)16/h2-8H,1H3,(H,17,18). The molecule has 0 atom stereocenters. The summed E-state index contributed by atoms with van der Waals surface area (Å²) in [7, 11) is 0. The average molecular weight is 416 g/mol. The fourth-order valence-corrected chi connectivity index (χ4v) is 3.01. The number of benzene rings is 2. The quantitative estimate of drug-likeness (QED) is 0.712. The van der Waals surface area contributed by atoms with Crippen LogP contribution in [0, 0.1) is 10.5 Å². The van der Waals surface area contributed by atoms with Crippen molar-refractivity contribution in [2.45, 2.75) is 6.92 Å². The average Bonchev–Trinajstić information content (AvgIpc) is 2.32. The molecule has 4 heteroatoms. The third-order valence-electron chi connectivity index (χ3n) is 2.46. The van der Waals surface area contributed by atoms with Crippen LogP contribution in [0.3, 0.4) is 0 Å². The molecule has 0 saturated heterocycles. The predicted octanol–water partition coefficient (Wildman–Crippen LogP) is 4.61. The lowest BCUT2D eigenvalue weighted by Crippen LogP contribution is -2.12. The summed E-state index contributed by atoms with van der Waals surface area (Å²) in [6.07, 6.45) is 0. The Morgan fingerprint density at radius 2 is 2.00 bits per heavy atom. The number of halogens is 2. The van der Waals surface area contributed by atoms with Crippen molar-refractivity contribution < 1.29 is 4.79 Å². The van der Waals surface area contributed by atoms with Gasteiger partial charge in [0.2, 0.25) is 0 Å². The number of carbonyl (C=O) groups excluding carboxylic acids is 1. The summed E-state index contributed by atoms with van der Waals surface area (Å²) < 4.78 is 2.00. The molecule has 1 amide bonds. The maximum atomic E-state index is 12.1. The fourth-order valence-electron chi connectivity index (χ4n) is 1.57. The first kappa shape index (κ1) is 13.5. The normalized spacial score (nSPS) is 10.2. The first-order chi connectivity index (χ1) is 8.56. The molecule has 2 nitrogen and oxygen atoms in total. The predicted molar refractivity (Wildman–Crippen MR) is 86.0 cm³/mol. The molecule has 0 unspecified atom stereocenters. The lowest BCUT2D eigenvalue weighted by molar-refractivity contribution is 0.102. The van der Waals surface area contributed by atoms with Gasteiger partial charge in [0.1, 0.15) is 0 Å². The van der Waals surface area contributed by atoms with Gasteiger partial charge in [-0.05, 0) is 59.8 Å². The molecular weight excluding hydrogens is 405 g/mol. The number of anilines is 1. The Morgan fingerprint density at radius 1 is 1.22 bits per heavy atom. The Morgan fingerprint density at radius 3 is 2.67 bits per heavy atom. The minimum absolute atomic E-state index is 0.0843. The van der Waals surface area contributed by atoms with Gasteiger partial charge in [-0.3, -0.25) is 4.79 Å². The molecule has 0 aliphatic heterocycles. The van der Waals surface area contributed by atoms with Gasteiger partial charge >= 0.3 is 0 Å². The first-order valence-corrected chi connectivity index (χ1v) is 7.26. The van der Waals surface area contributed by atoms with Crippen molar-refractivity contribution in [1.82, 2.24) is 0 Å². The van der Waals surface area contributed by atoms with Gasteiger partial charge in [0.15, 0.2) is 0 Å². The summed E-state index contributed by atoms with van der Waals surface area (Å²) in [5, 5.41) is 2.91. The molecular formula is C14H11BrINO. The second-order valence-electron chi connectivity index (χ2n) is 3.95. The molecule has 18 heavy (non-hydrogen) atoms. The number of aryl methyl sites for hydroxylation is 1. The van der Waals surface area contributed by atoms with Gasteiger partial charge in [-0.25, -0.2) is 0 Å². The Balaban J connectivity index is 2.21. The fraction of sp³-hybridized carbons (Fsp3) is 0.0714. The molecule has 2 rings (SSSR count). The van der Waals surface area contributed by atoms with Gasteiger partial charge in [0.25, 0.3) is 5.91 Å². The molecule has 2 aromatic carbocycles. The van der Waals surface area contributed by atoms with Crippen molar-refractivity contribution >= 4 is 50.1 Å². The molecule has 0 radical (unpaired) electrons. The highest BCUT2D eigenvalue weighted by molar-refractivity contribution is 14.1. The van der Waals surface area contributed by atoms with Crippen LogP contribution in [0.1, 0.15) is 15.9 Å². The maximum absolute atomic E-state index is 12.1. The van der Waals surface area contributed by atoms with E-state index in [2.05, 4.69) is 43.8 Å². The van der Waals surface area contributed by atoms with E-state index in [1.807, 2.05) is 49.4 Å². The van der Waals surface area contributed by atoms with Crippen molar-refractivity contribution in [3.63, 3.8) is 0 Å². The van der Waals surface area contributed by atoms with E-state index in [0.717, 1.165) is 19.3 Å². The number of hydrogen-bond acceptors (Lipinski definition) is 1. The minimum Gasteiger partial charge on any atom is -0.321 e. The first-order valence-electron chi connectivity index (χ1n) is 5.39. The molecule has 92 valence electrons. The summed E-state index contributed by atoms with van der Waals surface area (Å²) >= 11 is 5.60. The van der Waals surface area contributed by atoms with Crippen LogP contribution >= 0.6 is 38.5 Å². The third-order valence-corrected chi connectivity index (χ3v) is 3.85. The lowest BCUT2D eigenvalue weighted by atomic mass is 10.1. The number of nitrogens with one attached hydrogen (secondary N) is 1. The van der Waals surface area contributed by atoms with E-state index < -0.39 is 0 Å². The number of carbonyl (C=O) groups is 1. The second-order valence-corrected chi connectivity index (χ2v) is 6.03. The summed E-state index contributed by atoms with van der Waals surface area (Å²) in [5.74, 6) is -0.0843. The zero-order chi connectivity index (χ0) is 13.1. The Bertz CT molecular complexity index is 598. The van der Waals surface area contributed by atoms with Crippen molar-refractivity contribution in [3.05, 3.63) is 61.6 Å². The number of hydrogen-bond donors (Lipinski definition) is 1. The molecule has 0 aliphatic rings. The Kier molecular flexibility index (Phi) is 4.40. The maximum Gasteiger partial charge on any atom is 0.255 e. The van der Waals surface area contributed by atoms with Crippen molar-refractivity contribution in [2.75, 3.05) is 5.32 Å². The highest BCUT2D eigenvalue weighted by Gasteiger charge is 2.08.